The van der Waals surface area contributed by atoms with Crippen LogP contribution in [0.3, 0.4) is 0 Å². The number of likely N-dealkylation sites (tertiary alicyclic amines) is 1. The van der Waals surface area contributed by atoms with E-state index in [0.717, 1.165) is 44.9 Å². The highest BCUT2D eigenvalue weighted by molar-refractivity contribution is 5.08. The van der Waals surface area contributed by atoms with Crippen molar-refractivity contribution in [3.05, 3.63) is 24.2 Å². The first-order chi connectivity index (χ1) is 9.20. The molecule has 3 heterocycles. The van der Waals surface area contributed by atoms with Crippen molar-refractivity contribution in [3.8, 4) is 0 Å². The first kappa shape index (κ1) is 13.1. The Bertz CT molecular complexity index is 389. The molecule has 2 saturated heterocycles. The molecule has 5 nitrogen and oxygen atoms in total. The SMILES string of the molecule is CC(N)C(c1ccco1)N1CCC2(CC1)OCCO2. The van der Waals surface area contributed by atoms with Gasteiger partial charge >= 0.3 is 0 Å². The van der Waals surface area contributed by atoms with Gasteiger partial charge in [-0.3, -0.25) is 4.90 Å². The largest absolute Gasteiger partial charge is 0.468 e. The molecule has 2 unspecified atom stereocenters. The Morgan fingerprint density at radius 2 is 1.95 bits per heavy atom. The molecule has 0 bridgehead atoms. The third-order valence-electron chi connectivity index (χ3n) is 4.10. The van der Waals surface area contributed by atoms with Crippen molar-refractivity contribution >= 4 is 0 Å². The molecule has 1 aromatic rings. The van der Waals surface area contributed by atoms with Gasteiger partial charge in [-0.05, 0) is 19.1 Å². The van der Waals surface area contributed by atoms with Gasteiger partial charge in [0.15, 0.2) is 5.79 Å². The molecule has 0 aliphatic carbocycles. The smallest absolute Gasteiger partial charge is 0.170 e. The minimum absolute atomic E-state index is 0.0330. The Morgan fingerprint density at radius 1 is 1.26 bits per heavy atom. The molecule has 2 aliphatic heterocycles. The Labute approximate surface area is 113 Å². The predicted molar refractivity (Wildman–Crippen MR) is 70.5 cm³/mol. The minimum atomic E-state index is -0.331. The fourth-order valence-corrected chi connectivity index (χ4v) is 3.16. The molecule has 0 amide bonds. The van der Waals surface area contributed by atoms with Crippen LogP contribution < -0.4 is 5.73 Å². The number of furan rings is 1. The van der Waals surface area contributed by atoms with Crippen LogP contribution in [0.15, 0.2) is 22.8 Å². The van der Waals surface area contributed by atoms with Crippen LogP contribution >= 0.6 is 0 Å². The van der Waals surface area contributed by atoms with E-state index in [1.807, 2.05) is 19.1 Å². The summed E-state index contributed by atoms with van der Waals surface area (Å²) >= 11 is 0. The van der Waals surface area contributed by atoms with Gasteiger partial charge in [-0.1, -0.05) is 0 Å². The predicted octanol–water partition coefficient (Wildman–Crippen LogP) is 1.51. The van der Waals surface area contributed by atoms with E-state index in [9.17, 15) is 0 Å². The summed E-state index contributed by atoms with van der Waals surface area (Å²) in [6, 6.07) is 4.08. The normalized spacial score (nSPS) is 26.6. The average Bonchev–Trinajstić information content (AvgIpc) is 3.04. The molecule has 2 atom stereocenters. The highest BCUT2D eigenvalue weighted by atomic mass is 16.7. The van der Waals surface area contributed by atoms with Crippen LogP contribution in [-0.4, -0.2) is 43.0 Å². The van der Waals surface area contributed by atoms with Crippen LogP contribution in [0.1, 0.15) is 31.6 Å². The average molecular weight is 266 g/mol. The lowest BCUT2D eigenvalue weighted by molar-refractivity contribution is -0.189. The number of nitrogens with two attached hydrogens (primary N) is 1. The van der Waals surface area contributed by atoms with E-state index in [0.29, 0.717) is 0 Å². The maximum atomic E-state index is 6.14. The number of rotatable bonds is 3. The number of ether oxygens (including phenoxy) is 2. The number of piperidine rings is 1. The van der Waals surface area contributed by atoms with Crippen LogP contribution in [0, 0.1) is 0 Å². The lowest BCUT2D eigenvalue weighted by Gasteiger charge is -2.41. The van der Waals surface area contributed by atoms with Gasteiger partial charge in [-0.15, -0.1) is 0 Å². The Hall–Kier alpha value is -0.880. The maximum Gasteiger partial charge on any atom is 0.170 e. The summed E-state index contributed by atoms with van der Waals surface area (Å²) in [4.78, 5) is 2.37. The lowest BCUT2D eigenvalue weighted by Crippen LogP contribution is -2.49. The second-order valence-electron chi connectivity index (χ2n) is 5.46. The molecule has 0 saturated carbocycles. The highest BCUT2D eigenvalue weighted by Crippen LogP contribution is 2.35. The standard InChI is InChI=1S/C14H22N2O3/c1-11(15)13(12-3-2-8-17-12)16-6-4-14(5-7-16)18-9-10-19-14/h2-3,8,11,13H,4-7,9-10,15H2,1H3. The van der Waals surface area contributed by atoms with Crippen molar-refractivity contribution < 1.29 is 13.9 Å². The van der Waals surface area contributed by atoms with Crippen molar-refractivity contribution in [1.82, 2.24) is 4.90 Å². The van der Waals surface area contributed by atoms with E-state index in [1.54, 1.807) is 6.26 Å². The molecule has 3 rings (SSSR count). The summed E-state index contributed by atoms with van der Waals surface area (Å²) in [5, 5.41) is 0. The van der Waals surface area contributed by atoms with Gasteiger partial charge in [0, 0.05) is 32.0 Å². The Balaban J connectivity index is 1.68. The second-order valence-corrected chi connectivity index (χ2v) is 5.46. The first-order valence-electron chi connectivity index (χ1n) is 7.01. The third kappa shape index (κ3) is 2.56. The maximum absolute atomic E-state index is 6.14. The van der Waals surface area contributed by atoms with Gasteiger partial charge in [0.1, 0.15) is 5.76 Å². The van der Waals surface area contributed by atoms with Gasteiger partial charge < -0.3 is 19.6 Å². The van der Waals surface area contributed by atoms with Gasteiger partial charge in [0.2, 0.25) is 0 Å². The topological polar surface area (TPSA) is 60.9 Å². The molecule has 2 fully saturated rings. The molecular weight excluding hydrogens is 244 g/mol. The number of nitrogens with zero attached hydrogens (tertiary/aromatic N) is 1. The number of hydrogen-bond acceptors (Lipinski definition) is 5. The van der Waals surface area contributed by atoms with Crippen molar-refractivity contribution in [3.63, 3.8) is 0 Å². The van der Waals surface area contributed by atoms with Gasteiger partial charge in [0.05, 0.1) is 25.5 Å². The van der Waals surface area contributed by atoms with E-state index in [2.05, 4.69) is 4.90 Å². The molecule has 2 aliphatic rings. The van der Waals surface area contributed by atoms with Gasteiger partial charge in [-0.25, -0.2) is 0 Å². The fraction of sp³-hybridized carbons (Fsp3) is 0.714. The lowest BCUT2D eigenvalue weighted by atomic mass is 9.98. The third-order valence-corrected chi connectivity index (χ3v) is 4.10. The summed E-state index contributed by atoms with van der Waals surface area (Å²) in [7, 11) is 0. The molecular formula is C14H22N2O3. The second kappa shape index (κ2) is 5.25. The molecule has 0 aromatic carbocycles. The molecule has 106 valence electrons. The van der Waals surface area contributed by atoms with Crippen LogP contribution in [-0.2, 0) is 9.47 Å². The summed E-state index contributed by atoms with van der Waals surface area (Å²) in [5.74, 6) is 0.612. The summed E-state index contributed by atoms with van der Waals surface area (Å²) in [5.41, 5.74) is 6.14. The highest BCUT2D eigenvalue weighted by Gasteiger charge is 2.42. The van der Waals surface area contributed by atoms with Crippen molar-refractivity contribution in [2.75, 3.05) is 26.3 Å². The van der Waals surface area contributed by atoms with Crippen molar-refractivity contribution in [2.24, 2.45) is 5.73 Å². The Kier molecular flexibility index (Phi) is 3.62. The first-order valence-corrected chi connectivity index (χ1v) is 7.01. The molecule has 5 heteroatoms. The van der Waals surface area contributed by atoms with Crippen molar-refractivity contribution in [1.29, 1.82) is 0 Å². The van der Waals surface area contributed by atoms with Crippen molar-refractivity contribution in [2.45, 2.75) is 37.6 Å². The zero-order chi connectivity index (χ0) is 13.3. The van der Waals surface area contributed by atoms with E-state index in [1.165, 1.54) is 0 Å². The number of hydrogen-bond donors (Lipinski definition) is 1. The minimum Gasteiger partial charge on any atom is -0.468 e. The van der Waals surface area contributed by atoms with Crippen LogP contribution in [0.25, 0.3) is 0 Å². The van der Waals surface area contributed by atoms with Crippen LogP contribution in [0.4, 0.5) is 0 Å². The molecule has 1 aromatic heterocycles. The molecule has 1 spiro atoms. The van der Waals surface area contributed by atoms with Crippen LogP contribution in [0.2, 0.25) is 0 Å². The Morgan fingerprint density at radius 3 is 2.47 bits per heavy atom. The van der Waals surface area contributed by atoms with E-state index in [4.69, 9.17) is 19.6 Å². The zero-order valence-electron chi connectivity index (χ0n) is 11.4. The quantitative estimate of drug-likeness (QED) is 0.898. The summed E-state index contributed by atoms with van der Waals surface area (Å²) < 4.78 is 17.1. The van der Waals surface area contributed by atoms with E-state index >= 15 is 0 Å². The van der Waals surface area contributed by atoms with Gasteiger partial charge in [0.25, 0.3) is 0 Å². The zero-order valence-corrected chi connectivity index (χ0v) is 11.4. The van der Waals surface area contributed by atoms with Crippen LogP contribution in [0.5, 0.6) is 0 Å². The van der Waals surface area contributed by atoms with E-state index < -0.39 is 0 Å². The summed E-state index contributed by atoms with van der Waals surface area (Å²) in [6.45, 7) is 5.31. The van der Waals surface area contributed by atoms with E-state index in [-0.39, 0.29) is 17.9 Å². The fourth-order valence-electron chi connectivity index (χ4n) is 3.16. The molecule has 2 N–H and O–H groups in total. The van der Waals surface area contributed by atoms with Gasteiger partial charge in [-0.2, -0.15) is 0 Å². The summed E-state index contributed by atoms with van der Waals surface area (Å²) in [6.07, 6.45) is 3.51. The molecule has 19 heavy (non-hydrogen) atoms. The monoisotopic (exact) mass is 266 g/mol. The molecule has 0 radical (unpaired) electrons.